The Bertz CT molecular complexity index is 594. The first-order valence-electron chi connectivity index (χ1n) is 6.20. The van der Waals surface area contributed by atoms with Crippen molar-refractivity contribution in [1.82, 2.24) is 4.90 Å². The number of hydrogen-bond donors (Lipinski definition) is 0. The molecule has 1 atom stereocenters. The van der Waals surface area contributed by atoms with Gasteiger partial charge in [0.05, 0.1) is 5.56 Å². The SMILES string of the molecule is CCC1CCCN1C(=O)c1csc(S(=O)(=O)Cl)c1C. The number of hydrogen-bond acceptors (Lipinski definition) is 4. The van der Waals surface area contributed by atoms with E-state index in [2.05, 4.69) is 6.92 Å². The first kappa shape index (κ1) is 14.8. The van der Waals surface area contributed by atoms with Gasteiger partial charge in [0.1, 0.15) is 4.21 Å². The summed E-state index contributed by atoms with van der Waals surface area (Å²) in [5.74, 6) is -0.0790. The predicted octanol–water partition coefficient (Wildman–Crippen LogP) is 3.00. The zero-order valence-corrected chi connectivity index (χ0v) is 13.2. The van der Waals surface area contributed by atoms with Gasteiger partial charge in [0.2, 0.25) is 0 Å². The number of halogens is 1. The van der Waals surface area contributed by atoms with E-state index in [9.17, 15) is 13.2 Å². The highest BCUT2D eigenvalue weighted by Crippen LogP contribution is 2.31. The minimum absolute atomic E-state index is 0.0739. The molecule has 19 heavy (non-hydrogen) atoms. The van der Waals surface area contributed by atoms with Crippen LogP contribution >= 0.6 is 22.0 Å². The Balaban J connectivity index is 2.33. The van der Waals surface area contributed by atoms with Crippen molar-refractivity contribution >= 4 is 37.0 Å². The molecule has 1 aliphatic rings. The fourth-order valence-corrected chi connectivity index (χ4v) is 5.08. The number of likely N-dealkylation sites (tertiary alicyclic amines) is 1. The highest BCUT2D eigenvalue weighted by molar-refractivity contribution is 8.15. The molecular formula is C12H16ClNO3S2. The van der Waals surface area contributed by atoms with Crippen LogP contribution in [0, 0.1) is 6.92 Å². The number of thiophene rings is 1. The summed E-state index contributed by atoms with van der Waals surface area (Å²) in [6.07, 6.45) is 2.95. The molecule has 1 aromatic heterocycles. The molecule has 1 unspecified atom stereocenters. The van der Waals surface area contributed by atoms with Gasteiger partial charge in [-0.15, -0.1) is 11.3 Å². The third-order valence-electron chi connectivity index (χ3n) is 3.56. The van der Waals surface area contributed by atoms with Crippen LogP contribution < -0.4 is 0 Å². The maximum absolute atomic E-state index is 12.5. The number of carbonyl (C=O) groups is 1. The van der Waals surface area contributed by atoms with E-state index in [-0.39, 0.29) is 16.2 Å². The van der Waals surface area contributed by atoms with Gasteiger partial charge in [-0.2, -0.15) is 0 Å². The highest BCUT2D eigenvalue weighted by atomic mass is 35.7. The van der Waals surface area contributed by atoms with Gasteiger partial charge in [-0.25, -0.2) is 8.42 Å². The topological polar surface area (TPSA) is 54.5 Å². The van der Waals surface area contributed by atoms with Gasteiger partial charge < -0.3 is 4.90 Å². The summed E-state index contributed by atoms with van der Waals surface area (Å²) < 4.78 is 22.8. The number of rotatable bonds is 3. The Labute approximate surface area is 121 Å². The standard InChI is InChI=1S/C12H16ClNO3S2/c1-3-9-5-4-6-14(9)11(15)10-7-18-12(8(10)2)19(13,16)17/h7,9H,3-6H2,1-2H3. The van der Waals surface area contributed by atoms with Gasteiger partial charge in [0.15, 0.2) is 0 Å². The van der Waals surface area contributed by atoms with E-state index in [1.807, 2.05) is 4.90 Å². The molecule has 0 aliphatic carbocycles. The summed E-state index contributed by atoms with van der Waals surface area (Å²) in [7, 11) is 1.59. The minimum atomic E-state index is -3.77. The van der Waals surface area contributed by atoms with Gasteiger partial charge in [-0.1, -0.05) is 6.92 Å². The second-order valence-electron chi connectivity index (χ2n) is 4.70. The van der Waals surface area contributed by atoms with E-state index >= 15 is 0 Å². The third-order valence-corrected chi connectivity index (χ3v) is 6.86. The first-order valence-corrected chi connectivity index (χ1v) is 9.39. The fraction of sp³-hybridized carbons (Fsp3) is 0.583. The first-order chi connectivity index (χ1) is 8.86. The fourth-order valence-electron chi connectivity index (χ4n) is 2.53. The molecule has 2 heterocycles. The Morgan fingerprint density at radius 1 is 1.58 bits per heavy atom. The molecule has 4 nitrogen and oxygen atoms in total. The zero-order valence-electron chi connectivity index (χ0n) is 10.8. The molecule has 1 aromatic rings. The summed E-state index contributed by atoms with van der Waals surface area (Å²) >= 11 is 1.01. The zero-order chi connectivity index (χ0) is 14.2. The van der Waals surface area contributed by atoms with Gasteiger partial charge in [-0.05, 0) is 31.7 Å². The van der Waals surface area contributed by atoms with E-state index in [1.165, 1.54) is 0 Å². The number of carbonyl (C=O) groups excluding carboxylic acids is 1. The van der Waals surface area contributed by atoms with Crippen LogP contribution in [0.15, 0.2) is 9.59 Å². The van der Waals surface area contributed by atoms with Crippen molar-refractivity contribution in [3.05, 3.63) is 16.5 Å². The van der Waals surface area contributed by atoms with Crippen molar-refractivity contribution in [2.75, 3.05) is 6.54 Å². The molecule has 0 saturated carbocycles. The van der Waals surface area contributed by atoms with Gasteiger partial charge in [-0.3, -0.25) is 4.79 Å². The molecule has 1 aliphatic heterocycles. The van der Waals surface area contributed by atoms with Gasteiger partial charge >= 0.3 is 0 Å². The van der Waals surface area contributed by atoms with E-state index in [0.717, 1.165) is 37.1 Å². The molecule has 1 amide bonds. The highest BCUT2D eigenvalue weighted by Gasteiger charge is 2.31. The van der Waals surface area contributed by atoms with Crippen LogP contribution in [0.3, 0.4) is 0 Å². The molecule has 0 aromatic carbocycles. The number of nitrogens with zero attached hydrogens (tertiary/aromatic N) is 1. The lowest BCUT2D eigenvalue weighted by Gasteiger charge is -2.23. The van der Waals surface area contributed by atoms with Crippen LogP contribution in [0.5, 0.6) is 0 Å². The molecule has 0 radical (unpaired) electrons. The maximum Gasteiger partial charge on any atom is 0.271 e. The average Bonchev–Trinajstić information content (AvgIpc) is 2.92. The second kappa shape index (κ2) is 5.42. The van der Waals surface area contributed by atoms with Crippen LogP contribution in [0.1, 0.15) is 42.1 Å². The molecule has 2 rings (SSSR count). The summed E-state index contributed by atoms with van der Waals surface area (Å²) in [6.45, 7) is 4.44. The maximum atomic E-state index is 12.5. The van der Waals surface area contributed by atoms with Crippen molar-refractivity contribution in [1.29, 1.82) is 0 Å². The van der Waals surface area contributed by atoms with E-state index in [0.29, 0.717) is 11.1 Å². The molecule has 0 N–H and O–H groups in total. The van der Waals surface area contributed by atoms with Crippen LogP contribution in [0.2, 0.25) is 0 Å². The monoisotopic (exact) mass is 321 g/mol. The third kappa shape index (κ3) is 2.80. The van der Waals surface area contributed by atoms with E-state index in [1.54, 1.807) is 12.3 Å². The molecule has 0 spiro atoms. The Morgan fingerprint density at radius 3 is 2.79 bits per heavy atom. The van der Waals surface area contributed by atoms with E-state index in [4.69, 9.17) is 10.7 Å². The van der Waals surface area contributed by atoms with Crippen LogP contribution in [0.25, 0.3) is 0 Å². The van der Waals surface area contributed by atoms with E-state index < -0.39 is 9.05 Å². The molecule has 106 valence electrons. The molecule has 0 bridgehead atoms. The minimum Gasteiger partial charge on any atom is -0.336 e. The Hall–Kier alpha value is -0.590. The lowest BCUT2D eigenvalue weighted by Crippen LogP contribution is -2.35. The summed E-state index contributed by atoms with van der Waals surface area (Å²) in [5, 5.41) is 1.60. The normalized spacial score (nSPS) is 19.9. The molecule has 7 heteroatoms. The molecule has 1 saturated heterocycles. The average molecular weight is 322 g/mol. The van der Waals surface area contributed by atoms with Crippen molar-refractivity contribution in [2.24, 2.45) is 0 Å². The van der Waals surface area contributed by atoms with Crippen molar-refractivity contribution in [3.8, 4) is 0 Å². The van der Waals surface area contributed by atoms with Crippen molar-refractivity contribution in [3.63, 3.8) is 0 Å². The molecule has 1 fully saturated rings. The number of amides is 1. The van der Waals surface area contributed by atoms with Gasteiger partial charge in [0, 0.05) is 28.6 Å². The summed E-state index contributed by atoms with van der Waals surface area (Å²) in [4.78, 5) is 14.3. The molecular weight excluding hydrogens is 306 g/mol. The Morgan fingerprint density at radius 2 is 2.26 bits per heavy atom. The predicted molar refractivity (Wildman–Crippen MR) is 76.4 cm³/mol. The Kier molecular flexibility index (Phi) is 4.23. The van der Waals surface area contributed by atoms with Crippen molar-refractivity contribution < 1.29 is 13.2 Å². The van der Waals surface area contributed by atoms with Crippen LogP contribution in [-0.2, 0) is 9.05 Å². The second-order valence-corrected chi connectivity index (χ2v) is 8.34. The van der Waals surface area contributed by atoms with Crippen LogP contribution in [0.4, 0.5) is 0 Å². The quantitative estimate of drug-likeness (QED) is 0.804. The lowest BCUT2D eigenvalue weighted by atomic mass is 10.1. The smallest absolute Gasteiger partial charge is 0.271 e. The van der Waals surface area contributed by atoms with Crippen LogP contribution in [-0.4, -0.2) is 31.8 Å². The largest absolute Gasteiger partial charge is 0.336 e. The van der Waals surface area contributed by atoms with Crippen molar-refractivity contribution in [2.45, 2.75) is 43.4 Å². The lowest BCUT2D eigenvalue weighted by molar-refractivity contribution is 0.0733. The van der Waals surface area contributed by atoms with Gasteiger partial charge in [0.25, 0.3) is 15.0 Å². The summed E-state index contributed by atoms with van der Waals surface area (Å²) in [6, 6.07) is 0.267. The summed E-state index contributed by atoms with van der Waals surface area (Å²) in [5.41, 5.74) is 0.927.